The van der Waals surface area contributed by atoms with Gasteiger partial charge in [0.2, 0.25) is 0 Å². The molecule has 0 radical (unpaired) electrons. The number of phenolic OH excluding ortho intramolecular Hbond substituents is 1. The number of aromatic hydroxyl groups is 1. The molecular weight excluding hydrogens is 356 g/mol. The number of hydrogen-bond acceptors (Lipinski definition) is 5. The van der Waals surface area contributed by atoms with Crippen molar-refractivity contribution in [3.05, 3.63) is 69.8 Å². The molecule has 6 heteroatoms. The van der Waals surface area contributed by atoms with Crippen LogP contribution in [0, 0.1) is 16.0 Å². The number of fused-ring (bicyclic) bond motifs is 3. The van der Waals surface area contributed by atoms with Gasteiger partial charge in [0.1, 0.15) is 11.5 Å². The molecule has 4 unspecified atom stereocenters. The van der Waals surface area contributed by atoms with E-state index in [1.165, 1.54) is 23.8 Å². The third-order valence-corrected chi connectivity index (χ3v) is 5.80. The Morgan fingerprint density at radius 2 is 2.11 bits per heavy atom. The van der Waals surface area contributed by atoms with E-state index in [-0.39, 0.29) is 35.4 Å². The van der Waals surface area contributed by atoms with Crippen molar-refractivity contribution in [3.8, 4) is 11.5 Å². The van der Waals surface area contributed by atoms with Crippen LogP contribution in [0.4, 0.5) is 11.4 Å². The number of rotatable bonds is 5. The highest BCUT2D eigenvalue weighted by molar-refractivity contribution is 5.63. The molecule has 0 saturated heterocycles. The summed E-state index contributed by atoms with van der Waals surface area (Å²) in [7, 11) is 0. The number of nitrogens with one attached hydrogen (secondary N) is 1. The average molecular weight is 380 g/mol. The zero-order chi connectivity index (χ0) is 19.8. The summed E-state index contributed by atoms with van der Waals surface area (Å²) in [6.45, 7) is 4.15. The Morgan fingerprint density at radius 3 is 2.86 bits per heavy atom. The van der Waals surface area contributed by atoms with E-state index in [9.17, 15) is 15.2 Å². The summed E-state index contributed by atoms with van der Waals surface area (Å²) in [6.07, 6.45) is 6.28. The van der Waals surface area contributed by atoms with Gasteiger partial charge in [-0.05, 0) is 55.5 Å². The largest absolute Gasteiger partial charge is 0.508 e. The Labute approximate surface area is 164 Å². The molecule has 146 valence electrons. The summed E-state index contributed by atoms with van der Waals surface area (Å²) in [6, 6.07) is 10.1. The first-order chi connectivity index (χ1) is 13.5. The number of nitro benzene ring substituents is 1. The fourth-order valence-electron chi connectivity index (χ4n) is 4.17. The average Bonchev–Trinajstić information content (AvgIpc) is 3.18. The molecule has 1 aliphatic heterocycles. The van der Waals surface area contributed by atoms with Gasteiger partial charge in [-0.2, -0.15) is 0 Å². The van der Waals surface area contributed by atoms with Crippen molar-refractivity contribution in [2.24, 2.45) is 5.92 Å². The smallest absolute Gasteiger partial charge is 0.270 e. The highest BCUT2D eigenvalue weighted by atomic mass is 16.6. The fraction of sp³-hybridized carbons (Fsp3) is 0.364. The molecule has 1 heterocycles. The minimum atomic E-state index is -0.428. The third-order valence-electron chi connectivity index (χ3n) is 5.80. The van der Waals surface area contributed by atoms with Gasteiger partial charge in [0.15, 0.2) is 0 Å². The van der Waals surface area contributed by atoms with E-state index in [1.54, 1.807) is 0 Å². The maximum absolute atomic E-state index is 11.2. The lowest BCUT2D eigenvalue weighted by Crippen LogP contribution is -2.29. The number of allylic oxidation sites excluding steroid dienone is 2. The second kappa shape index (κ2) is 7.19. The molecular formula is C22H24N2O4. The van der Waals surface area contributed by atoms with E-state index < -0.39 is 4.92 Å². The van der Waals surface area contributed by atoms with E-state index in [1.807, 2.05) is 12.1 Å². The molecule has 0 bridgehead atoms. The Morgan fingerprint density at radius 1 is 1.29 bits per heavy atom. The number of nitrogens with zero attached hydrogens (tertiary/aromatic N) is 1. The number of ether oxygens (including phenoxy) is 1. The highest BCUT2D eigenvalue weighted by Gasteiger charge is 2.39. The van der Waals surface area contributed by atoms with Crippen LogP contribution in [-0.4, -0.2) is 16.1 Å². The van der Waals surface area contributed by atoms with E-state index in [4.69, 9.17) is 4.74 Å². The lowest BCUT2D eigenvalue weighted by Gasteiger charge is -2.37. The quantitative estimate of drug-likeness (QED) is 0.417. The summed E-state index contributed by atoms with van der Waals surface area (Å²) >= 11 is 0. The molecule has 0 aromatic heterocycles. The molecule has 0 spiro atoms. The Hall–Kier alpha value is -3.02. The summed E-state index contributed by atoms with van der Waals surface area (Å²) in [4.78, 5) is 10.8. The van der Waals surface area contributed by atoms with Crippen molar-refractivity contribution in [1.29, 1.82) is 0 Å². The lowest BCUT2D eigenvalue weighted by molar-refractivity contribution is -0.385. The highest BCUT2D eigenvalue weighted by Crippen LogP contribution is 2.52. The van der Waals surface area contributed by atoms with Gasteiger partial charge in [0.25, 0.3) is 5.69 Å². The lowest BCUT2D eigenvalue weighted by atomic mass is 9.76. The molecule has 28 heavy (non-hydrogen) atoms. The molecule has 6 nitrogen and oxygen atoms in total. The predicted octanol–water partition coefficient (Wildman–Crippen LogP) is 5.30. The second-order valence-corrected chi connectivity index (χ2v) is 7.56. The van der Waals surface area contributed by atoms with E-state index in [0.717, 1.165) is 24.3 Å². The van der Waals surface area contributed by atoms with Crippen LogP contribution in [0.3, 0.4) is 0 Å². The van der Waals surface area contributed by atoms with Crippen molar-refractivity contribution < 1.29 is 14.8 Å². The van der Waals surface area contributed by atoms with Crippen LogP contribution in [0.5, 0.6) is 11.5 Å². The normalized spacial score (nSPS) is 23.4. The van der Waals surface area contributed by atoms with Gasteiger partial charge in [0.05, 0.1) is 17.1 Å². The maximum Gasteiger partial charge on any atom is 0.270 e. The maximum atomic E-state index is 11.2. The molecule has 2 aromatic rings. The number of benzene rings is 2. The molecule has 1 aliphatic carbocycles. The molecule has 2 aliphatic rings. The molecule has 0 amide bonds. The number of non-ortho nitro benzene ring substituents is 1. The monoisotopic (exact) mass is 380 g/mol. The van der Waals surface area contributed by atoms with Crippen molar-refractivity contribution in [1.82, 2.24) is 0 Å². The van der Waals surface area contributed by atoms with Crippen LogP contribution in [0.1, 0.15) is 49.8 Å². The summed E-state index contributed by atoms with van der Waals surface area (Å²) in [5.41, 5.74) is 2.69. The number of phenols is 1. The van der Waals surface area contributed by atoms with Crippen molar-refractivity contribution in [2.75, 3.05) is 5.32 Å². The SMILES string of the molecule is CCC(C)Oc1ccc2c(c1)C1C=CCC1C(c1cc([N+](=O)[O-])ccc1O)N2. The molecule has 0 saturated carbocycles. The zero-order valence-corrected chi connectivity index (χ0v) is 16.0. The van der Waals surface area contributed by atoms with Gasteiger partial charge in [-0.1, -0.05) is 19.1 Å². The predicted molar refractivity (Wildman–Crippen MR) is 108 cm³/mol. The van der Waals surface area contributed by atoms with Crippen LogP contribution in [0.2, 0.25) is 0 Å². The van der Waals surface area contributed by atoms with Crippen molar-refractivity contribution in [2.45, 2.75) is 44.8 Å². The van der Waals surface area contributed by atoms with Crippen LogP contribution in [0.25, 0.3) is 0 Å². The van der Waals surface area contributed by atoms with Crippen LogP contribution in [-0.2, 0) is 0 Å². The van der Waals surface area contributed by atoms with Gasteiger partial charge in [-0.3, -0.25) is 10.1 Å². The van der Waals surface area contributed by atoms with Gasteiger partial charge in [-0.25, -0.2) is 0 Å². The summed E-state index contributed by atoms with van der Waals surface area (Å²) in [5.74, 6) is 1.29. The molecule has 0 fully saturated rings. The Kier molecular flexibility index (Phi) is 4.71. The van der Waals surface area contributed by atoms with Crippen LogP contribution < -0.4 is 10.1 Å². The fourth-order valence-corrected chi connectivity index (χ4v) is 4.17. The number of hydrogen-bond donors (Lipinski definition) is 2. The van der Waals surface area contributed by atoms with Crippen molar-refractivity contribution in [3.63, 3.8) is 0 Å². The molecule has 4 rings (SSSR count). The van der Waals surface area contributed by atoms with Crippen LogP contribution in [0.15, 0.2) is 48.6 Å². The third kappa shape index (κ3) is 3.19. The second-order valence-electron chi connectivity index (χ2n) is 7.56. The van der Waals surface area contributed by atoms with E-state index in [2.05, 4.69) is 37.4 Å². The minimum Gasteiger partial charge on any atom is -0.508 e. The first kappa shape index (κ1) is 18.3. The van der Waals surface area contributed by atoms with Gasteiger partial charge >= 0.3 is 0 Å². The van der Waals surface area contributed by atoms with Gasteiger partial charge < -0.3 is 15.2 Å². The standard InChI is InChI=1S/C22H24N2O4/c1-3-13(2)28-15-8-9-20-18(12-15)16-5-4-6-17(16)22(23-20)19-11-14(24(26)27)7-10-21(19)25/h4-5,7-13,16-17,22-23,25H,3,6H2,1-2H3. The molecule has 4 atom stereocenters. The van der Waals surface area contributed by atoms with E-state index >= 15 is 0 Å². The topological polar surface area (TPSA) is 84.6 Å². The minimum absolute atomic E-state index is 0.0137. The van der Waals surface area contributed by atoms with Crippen LogP contribution >= 0.6 is 0 Å². The molecule has 2 N–H and O–H groups in total. The Balaban J connectivity index is 1.72. The Bertz CT molecular complexity index is 940. The summed E-state index contributed by atoms with van der Waals surface area (Å²) < 4.78 is 5.98. The number of anilines is 1. The zero-order valence-electron chi connectivity index (χ0n) is 16.0. The summed E-state index contributed by atoms with van der Waals surface area (Å²) in [5, 5.41) is 25.1. The first-order valence-electron chi connectivity index (χ1n) is 9.69. The van der Waals surface area contributed by atoms with Crippen molar-refractivity contribution >= 4 is 11.4 Å². The first-order valence-corrected chi connectivity index (χ1v) is 9.69. The number of nitro groups is 1. The van der Waals surface area contributed by atoms with E-state index in [0.29, 0.717) is 5.56 Å². The van der Waals surface area contributed by atoms with Gasteiger partial charge in [0, 0.05) is 29.3 Å². The molecule has 2 aromatic carbocycles. The van der Waals surface area contributed by atoms with Gasteiger partial charge in [-0.15, -0.1) is 0 Å².